The van der Waals surface area contributed by atoms with Crippen LogP contribution in [-0.2, 0) is 4.79 Å². The summed E-state index contributed by atoms with van der Waals surface area (Å²) in [6.07, 6.45) is 1.99. The average Bonchev–Trinajstić information content (AvgIpc) is 2.41. The van der Waals surface area contributed by atoms with Gasteiger partial charge in [-0.05, 0) is 50.5 Å². The molecule has 2 rings (SSSR count). The molecule has 1 aliphatic rings. The molecule has 6 heteroatoms. The van der Waals surface area contributed by atoms with Crippen molar-refractivity contribution in [3.63, 3.8) is 0 Å². The number of amides is 2. The van der Waals surface area contributed by atoms with Crippen LogP contribution in [0.1, 0.15) is 26.2 Å². The second-order valence-corrected chi connectivity index (χ2v) is 5.12. The highest BCUT2D eigenvalue weighted by atomic mass is 19.1. The molecule has 0 radical (unpaired) electrons. The second kappa shape index (κ2) is 5.48. The van der Waals surface area contributed by atoms with E-state index in [4.69, 9.17) is 0 Å². The van der Waals surface area contributed by atoms with Gasteiger partial charge in [-0.1, -0.05) is 0 Å². The Balaban J connectivity index is 2.14. The number of carboxylic acid groups (broad SMARTS) is 1. The lowest BCUT2D eigenvalue weighted by Crippen LogP contribution is -2.58. The normalized spacial score (nSPS) is 22.4. The molecule has 20 heavy (non-hydrogen) atoms. The maximum absolute atomic E-state index is 12.8. The Morgan fingerprint density at radius 1 is 1.30 bits per heavy atom. The van der Waals surface area contributed by atoms with Gasteiger partial charge in [0, 0.05) is 12.2 Å². The van der Waals surface area contributed by atoms with Crippen molar-refractivity contribution in [3.8, 4) is 0 Å². The third-order valence-electron chi connectivity index (χ3n) is 3.69. The van der Waals surface area contributed by atoms with E-state index in [1.165, 1.54) is 29.2 Å². The van der Waals surface area contributed by atoms with E-state index in [-0.39, 0.29) is 0 Å². The molecular weight excluding hydrogens is 263 g/mol. The first-order valence-electron chi connectivity index (χ1n) is 6.51. The van der Waals surface area contributed by atoms with Crippen LogP contribution >= 0.6 is 0 Å². The summed E-state index contributed by atoms with van der Waals surface area (Å²) in [5, 5.41) is 12.0. The van der Waals surface area contributed by atoms with Crippen molar-refractivity contribution in [3.05, 3.63) is 30.1 Å². The molecule has 1 aliphatic heterocycles. The van der Waals surface area contributed by atoms with Crippen LogP contribution in [0.5, 0.6) is 0 Å². The molecule has 0 saturated carbocycles. The predicted octanol–water partition coefficient (Wildman–Crippen LogP) is 2.69. The number of benzene rings is 1. The van der Waals surface area contributed by atoms with Crippen LogP contribution in [0.25, 0.3) is 0 Å². The minimum absolute atomic E-state index is 0.392. The van der Waals surface area contributed by atoms with E-state index in [1.54, 1.807) is 6.92 Å². The van der Waals surface area contributed by atoms with Crippen molar-refractivity contribution in [1.29, 1.82) is 0 Å². The molecule has 2 amide bonds. The number of likely N-dealkylation sites (tertiary alicyclic amines) is 1. The van der Waals surface area contributed by atoms with Crippen LogP contribution in [0.3, 0.4) is 0 Å². The molecular formula is C14H17FN2O3. The molecule has 5 nitrogen and oxygen atoms in total. The van der Waals surface area contributed by atoms with Gasteiger partial charge in [-0.2, -0.15) is 0 Å². The molecule has 0 spiro atoms. The average molecular weight is 280 g/mol. The number of piperidine rings is 1. The number of anilines is 1. The number of carboxylic acids is 1. The summed E-state index contributed by atoms with van der Waals surface area (Å²) < 4.78 is 12.8. The molecule has 0 aromatic heterocycles. The number of hydrogen-bond acceptors (Lipinski definition) is 2. The fraction of sp³-hybridized carbons (Fsp3) is 0.429. The molecule has 0 aliphatic carbocycles. The zero-order valence-electron chi connectivity index (χ0n) is 11.2. The molecule has 1 saturated heterocycles. The molecule has 108 valence electrons. The van der Waals surface area contributed by atoms with Gasteiger partial charge in [-0.15, -0.1) is 0 Å². The zero-order chi connectivity index (χ0) is 14.8. The summed E-state index contributed by atoms with van der Waals surface area (Å²) in [5.74, 6) is -1.40. The van der Waals surface area contributed by atoms with Crippen LogP contribution in [0, 0.1) is 5.82 Å². The van der Waals surface area contributed by atoms with E-state index >= 15 is 0 Å². The summed E-state index contributed by atoms with van der Waals surface area (Å²) in [6, 6.07) is 4.89. The number of rotatable bonds is 2. The van der Waals surface area contributed by atoms with Gasteiger partial charge in [0.15, 0.2) is 0 Å². The largest absolute Gasteiger partial charge is 0.480 e. The number of carbonyl (C=O) groups excluding carboxylic acids is 1. The highest BCUT2D eigenvalue weighted by Gasteiger charge is 2.43. The topological polar surface area (TPSA) is 69.6 Å². The lowest BCUT2D eigenvalue weighted by atomic mass is 9.89. The Labute approximate surface area is 116 Å². The van der Waals surface area contributed by atoms with Crippen LogP contribution < -0.4 is 5.32 Å². The quantitative estimate of drug-likeness (QED) is 0.875. The van der Waals surface area contributed by atoms with E-state index in [2.05, 4.69) is 5.32 Å². The van der Waals surface area contributed by atoms with Gasteiger partial charge in [-0.25, -0.2) is 14.0 Å². The van der Waals surface area contributed by atoms with Crippen molar-refractivity contribution >= 4 is 17.7 Å². The summed E-state index contributed by atoms with van der Waals surface area (Å²) in [4.78, 5) is 25.0. The monoisotopic (exact) mass is 280 g/mol. The molecule has 2 N–H and O–H groups in total. The molecule has 1 unspecified atom stereocenters. The summed E-state index contributed by atoms with van der Waals surface area (Å²) >= 11 is 0. The molecule has 1 fully saturated rings. The first kappa shape index (κ1) is 14.3. The molecule has 1 heterocycles. The van der Waals surface area contributed by atoms with E-state index in [0.717, 1.165) is 12.8 Å². The van der Waals surface area contributed by atoms with Crippen LogP contribution in [0.15, 0.2) is 24.3 Å². The Hall–Kier alpha value is -2.11. The second-order valence-electron chi connectivity index (χ2n) is 5.12. The van der Waals surface area contributed by atoms with E-state index in [1.807, 2.05) is 0 Å². The smallest absolute Gasteiger partial charge is 0.329 e. The highest BCUT2D eigenvalue weighted by molar-refractivity contribution is 5.94. The molecule has 1 aromatic carbocycles. The fourth-order valence-corrected chi connectivity index (χ4v) is 2.39. The van der Waals surface area contributed by atoms with Gasteiger partial charge >= 0.3 is 12.0 Å². The minimum atomic E-state index is -1.19. The molecule has 1 aromatic rings. The number of halogens is 1. The predicted molar refractivity (Wildman–Crippen MR) is 72.0 cm³/mol. The Morgan fingerprint density at radius 2 is 1.95 bits per heavy atom. The summed E-state index contributed by atoms with van der Waals surface area (Å²) in [6.45, 7) is 1.95. The first-order valence-corrected chi connectivity index (χ1v) is 6.51. The van der Waals surface area contributed by atoms with Crippen molar-refractivity contribution in [1.82, 2.24) is 4.90 Å². The first-order chi connectivity index (χ1) is 9.43. The van der Waals surface area contributed by atoms with Crippen molar-refractivity contribution in [2.75, 3.05) is 11.9 Å². The lowest BCUT2D eigenvalue weighted by molar-refractivity contribution is -0.150. The number of urea groups is 1. The molecule has 1 atom stereocenters. The summed E-state index contributed by atoms with van der Waals surface area (Å²) in [5.41, 5.74) is -0.753. The van der Waals surface area contributed by atoms with Crippen molar-refractivity contribution < 1.29 is 19.1 Å². The number of nitrogens with zero attached hydrogens (tertiary/aromatic N) is 1. The van der Waals surface area contributed by atoms with Crippen LogP contribution in [0.4, 0.5) is 14.9 Å². The Kier molecular flexibility index (Phi) is 3.92. The van der Waals surface area contributed by atoms with E-state index in [9.17, 15) is 19.1 Å². The standard InChI is InChI=1S/C14H17FN2O3/c1-14(12(18)19)8-2-3-9-17(14)13(20)16-11-6-4-10(15)5-7-11/h4-7H,2-3,8-9H2,1H3,(H,16,20)(H,18,19). The van der Waals surface area contributed by atoms with Gasteiger partial charge in [0.25, 0.3) is 0 Å². The number of aliphatic carboxylic acids is 1. The number of hydrogen-bond donors (Lipinski definition) is 2. The van der Waals surface area contributed by atoms with Crippen LogP contribution in [0.2, 0.25) is 0 Å². The fourth-order valence-electron chi connectivity index (χ4n) is 2.39. The van der Waals surface area contributed by atoms with Gasteiger partial charge in [0.05, 0.1) is 0 Å². The van der Waals surface area contributed by atoms with Gasteiger partial charge in [0.1, 0.15) is 11.4 Å². The van der Waals surface area contributed by atoms with Gasteiger partial charge in [0.2, 0.25) is 0 Å². The van der Waals surface area contributed by atoms with Crippen molar-refractivity contribution in [2.45, 2.75) is 31.7 Å². The lowest BCUT2D eigenvalue weighted by Gasteiger charge is -2.41. The third-order valence-corrected chi connectivity index (χ3v) is 3.69. The van der Waals surface area contributed by atoms with E-state index < -0.39 is 23.4 Å². The van der Waals surface area contributed by atoms with Crippen LogP contribution in [-0.4, -0.2) is 34.1 Å². The van der Waals surface area contributed by atoms with Gasteiger partial charge in [-0.3, -0.25) is 0 Å². The minimum Gasteiger partial charge on any atom is -0.480 e. The van der Waals surface area contributed by atoms with E-state index in [0.29, 0.717) is 18.7 Å². The highest BCUT2D eigenvalue weighted by Crippen LogP contribution is 2.29. The number of carbonyl (C=O) groups is 2. The zero-order valence-corrected chi connectivity index (χ0v) is 11.2. The maximum Gasteiger partial charge on any atom is 0.329 e. The SMILES string of the molecule is CC1(C(=O)O)CCCCN1C(=O)Nc1ccc(F)cc1. The Bertz CT molecular complexity index is 518. The summed E-state index contributed by atoms with van der Waals surface area (Å²) in [7, 11) is 0. The maximum atomic E-state index is 12.8. The Morgan fingerprint density at radius 3 is 2.55 bits per heavy atom. The number of nitrogens with one attached hydrogen (secondary N) is 1. The van der Waals surface area contributed by atoms with Crippen molar-refractivity contribution in [2.24, 2.45) is 0 Å². The van der Waals surface area contributed by atoms with Gasteiger partial charge < -0.3 is 15.3 Å². The third kappa shape index (κ3) is 2.74. The molecule has 0 bridgehead atoms.